The normalized spacial score (nSPS) is 11.4. The molecule has 2 heterocycles. The van der Waals surface area contributed by atoms with E-state index < -0.39 is 5.82 Å². The van der Waals surface area contributed by atoms with Crippen LogP contribution in [0.2, 0.25) is 0 Å². The van der Waals surface area contributed by atoms with Gasteiger partial charge in [0.2, 0.25) is 0 Å². The Morgan fingerprint density at radius 3 is 2.45 bits per heavy atom. The van der Waals surface area contributed by atoms with Gasteiger partial charge in [0, 0.05) is 12.7 Å². The first-order valence-corrected chi connectivity index (χ1v) is 10.6. The van der Waals surface area contributed by atoms with Gasteiger partial charge in [-0.3, -0.25) is 9.36 Å². The van der Waals surface area contributed by atoms with Gasteiger partial charge in [0.15, 0.2) is 5.82 Å². The number of aromatic nitrogens is 3. The number of halogens is 1. The second-order valence-electron chi connectivity index (χ2n) is 7.73. The van der Waals surface area contributed by atoms with Crippen LogP contribution in [-0.4, -0.2) is 14.2 Å². The monoisotopic (exact) mass is 419 g/mol. The van der Waals surface area contributed by atoms with Crippen LogP contribution >= 0.6 is 0 Å². The fourth-order valence-electron chi connectivity index (χ4n) is 4.09. The summed E-state index contributed by atoms with van der Waals surface area (Å²) in [6.07, 6.45) is 1.87. The lowest BCUT2D eigenvalue weighted by atomic mass is 9.95. The zero-order valence-electron chi connectivity index (χ0n) is 18.2. The van der Waals surface area contributed by atoms with Crippen molar-refractivity contribution in [3.8, 4) is 22.9 Å². The third-order valence-electron chi connectivity index (χ3n) is 5.80. The molecule has 0 saturated heterocycles. The van der Waals surface area contributed by atoms with E-state index in [1.54, 1.807) is 35.8 Å². The van der Waals surface area contributed by atoms with Crippen molar-refractivity contribution in [2.45, 2.75) is 39.5 Å². The molecule has 31 heavy (non-hydrogen) atoms. The van der Waals surface area contributed by atoms with Gasteiger partial charge >= 0.3 is 0 Å². The maximum Gasteiger partial charge on any atom is 0.278 e. The molecule has 160 valence electrons. The van der Waals surface area contributed by atoms with Crippen LogP contribution in [0.3, 0.4) is 0 Å². The molecule has 0 N–H and O–H groups in total. The minimum absolute atomic E-state index is 0.157. The maximum atomic E-state index is 15.0. The van der Waals surface area contributed by atoms with Crippen LogP contribution in [0.15, 0.2) is 59.4 Å². The summed E-state index contributed by atoms with van der Waals surface area (Å²) >= 11 is 0. The summed E-state index contributed by atoms with van der Waals surface area (Å²) < 4.78 is 24.1. The van der Waals surface area contributed by atoms with Crippen LogP contribution in [0.1, 0.15) is 43.9 Å². The largest absolute Gasteiger partial charge is 0.456 e. The van der Waals surface area contributed by atoms with Gasteiger partial charge in [-0.15, -0.1) is 5.10 Å². The Hall–Kier alpha value is -3.41. The molecule has 0 spiro atoms. The van der Waals surface area contributed by atoms with Crippen molar-refractivity contribution in [3.63, 3.8) is 0 Å². The zero-order chi connectivity index (χ0) is 22.1. The highest BCUT2D eigenvalue weighted by Crippen LogP contribution is 2.35. The molecule has 0 unspecified atom stereocenters. The average Bonchev–Trinajstić information content (AvgIpc) is 3.09. The lowest BCUT2D eigenvalue weighted by molar-refractivity contribution is 0.478. The third kappa shape index (κ3) is 3.63. The van der Waals surface area contributed by atoms with Gasteiger partial charge in [0.25, 0.3) is 5.56 Å². The van der Waals surface area contributed by atoms with E-state index in [1.807, 2.05) is 31.2 Å². The summed E-state index contributed by atoms with van der Waals surface area (Å²) in [5, 5.41) is 4.70. The highest BCUT2D eigenvalue weighted by atomic mass is 19.1. The topological polar surface area (TPSA) is 48.5 Å². The summed E-state index contributed by atoms with van der Waals surface area (Å²) in [4.78, 5) is 13.4. The van der Waals surface area contributed by atoms with Gasteiger partial charge in [-0.05, 0) is 61.6 Å². The number of rotatable bonds is 6. The molecule has 2 aromatic carbocycles. The van der Waals surface area contributed by atoms with E-state index in [4.69, 9.17) is 9.84 Å². The second-order valence-corrected chi connectivity index (χ2v) is 7.73. The standard InChI is InChI=1S/C25H26FN3O2/c1-5-17(6-2)19-15-16(3)29-23(19)25(30)28(4)24(27-29)22-20(26)13-10-14-21(22)31-18-11-8-7-9-12-18/h7-15,17H,5-6H2,1-4H3. The first-order valence-electron chi connectivity index (χ1n) is 10.6. The van der Waals surface area contributed by atoms with Crippen molar-refractivity contribution in [2.75, 3.05) is 0 Å². The predicted octanol–water partition coefficient (Wildman–Crippen LogP) is 5.84. The minimum atomic E-state index is -0.500. The Morgan fingerprint density at radius 1 is 1.06 bits per heavy atom. The first kappa shape index (κ1) is 20.8. The molecule has 0 aliphatic heterocycles. The number of hydrogen-bond acceptors (Lipinski definition) is 3. The van der Waals surface area contributed by atoms with Crippen LogP contribution in [-0.2, 0) is 7.05 Å². The van der Waals surface area contributed by atoms with Gasteiger partial charge in [-0.1, -0.05) is 38.1 Å². The van der Waals surface area contributed by atoms with Crippen LogP contribution < -0.4 is 10.3 Å². The number of hydrogen-bond donors (Lipinski definition) is 0. The van der Waals surface area contributed by atoms with Crippen LogP contribution in [0, 0.1) is 12.7 Å². The Bertz CT molecular complexity index is 1290. The van der Waals surface area contributed by atoms with Crippen molar-refractivity contribution in [1.29, 1.82) is 0 Å². The number of nitrogens with zero attached hydrogens (tertiary/aromatic N) is 3. The molecule has 0 atom stereocenters. The third-order valence-corrected chi connectivity index (χ3v) is 5.80. The molecule has 0 saturated carbocycles. The fourth-order valence-corrected chi connectivity index (χ4v) is 4.09. The van der Waals surface area contributed by atoms with E-state index in [0.717, 1.165) is 24.1 Å². The smallest absolute Gasteiger partial charge is 0.278 e. The van der Waals surface area contributed by atoms with Gasteiger partial charge in [0.05, 0.1) is 5.56 Å². The number of benzene rings is 2. The molecule has 4 aromatic rings. The summed E-state index contributed by atoms with van der Waals surface area (Å²) in [6.45, 7) is 6.15. The SMILES string of the molecule is CCC(CC)c1cc(C)n2nc(-c3c(F)cccc3Oc3ccccc3)n(C)c(=O)c12. The number of aryl methyl sites for hydroxylation is 1. The summed E-state index contributed by atoms with van der Waals surface area (Å²) in [5.74, 6) is 0.873. The predicted molar refractivity (Wildman–Crippen MR) is 120 cm³/mol. The average molecular weight is 420 g/mol. The summed E-state index contributed by atoms with van der Waals surface area (Å²) in [7, 11) is 1.63. The molecule has 0 aliphatic carbocycles. The van der Waals surface area contributed by atoms with E-state index in [2.05, 4.69) is 13.8 Å². The van der Waals surface area contributed by atoms with E-state index in [9.17, 15) is 4.79 Å². The first-order chi connectivity index (χ1) is 15.0. The molecule has 5 nitrogen and oxygen atoms in total. The van der Waals surface area contributed by atoms with E-state index in [-0.39, 0.29) is 22.9 Å². The fraction of sp³-hybridized carbons (Fsp3) is 0.280. The Labute approximate surface area is 180 Å². The van der Waals surface area contributed by atoms with Gasteiger partial charge in [-0.25, -0.2) is 8.91 Å². The highest BCUT2D eigenvalue weighted by molar-refractivity contribution is 5.68. The quantitative estimate of drug-likeness (QED) is 0.394. The van der Waals surface area contributed by atoms with Gasteiger partial charge in [0.1, 0.15) is 22.8 Å². The molecular weight excluding hydrogens is 393 g/mol. The molecule has 0 aliphatic rings. The van der Waals surface area contributed by atoms with Gasteiger partial charge < -0.3 is 4.74 Å². The molecule has 0 bridgehead atoms. The van der Waals surface area contributed by atoms with Crippen molar-refractivity contribution in [3.05, 3.63) is 82.0 Å². The van der Waals surface area contributed by atoms with E-state index in [1.165, 1.54) is 10.6 Å². The highest BCUT2D eigenvalue weighted by Gasteiger charge is 2.23. The van der Waals surface area contributed by atoms with Crippen molar-refractivity contribution in [1.82, 2.24) is 14.2 Å². The second kappa shape index (κ2) is 8.38. The zero-order valence-corrected chi connectivity index (χ0v) is 18.2. The summed E-state index contributed by atoms with van der Waals surface area (Å²) in [6, 6.07) is 15.8. The van der Waals surface area contributed by atoms with Crippen LogP contribution in [0.25, 0.3) is 16.9 Å². The molecule has 6 heteroatoms. The molecule has 0 fully saturated rings. The Kier molecular flexibility index (Phi) is 5.63. The van der Waals surface area contributed by atoms with Crippen molar-refractivity contribution >= 4 is 5.52 Å². The molecule has 0 amide bonds. The number of ether oxygens (including phenoxy) is 1. The Balaban J connectivity index is 1.95. The lowest BCUT2D eigenvalue weighted by Crippen LogP contribution is -2.24. The Morgan fingerprint density at radius 2 is 1.77 bits per heavy atom. The van der Waals surface area contributed by atoms with Crippen LogP contribution in [0.5, 0.6) is 11.5 Å². The van der Waals surface area contributed by atoms with Crippen molar-refractivity contribution < 1.29 is 9.13 Å². The molecule has 2 aromatic heterocycles. The molecule has 4 rings (SSSR count). The number of fused-ring (bicyclic) bond motifs is 1. The molecular formula is C25H26FN3O2. The van der Waals surface area contributed by atoms with Crippen LogP contribution in [0.4, 0.5) is 4.39 Å². The lowest BCUT2D eigenvalue weighted by Gasteiger charge is -2.16. The van der Waals surface area contributed by atoms with E-state index >= 15 is 4.39 Å². The molecule has 0 radical (unpaired) electrons. The van der Waals surface area contributed by atoms with E-state index in [0.29, 0.717) is 17.0 Å². The van der Waals surface area contributed by atoms with Gasteiger partial charge in [-0.2, -0.15) is 0 Å². The summed E-state index contributed by atoms with van der Waals surface area (Å²) in [5.41, 5.74) is 2.35. The van der Waals surface area contributed by atoms with Crippen molar-refractivity contribution in [2.24, 2.45) is 7.05 Å². The maximum absolute atomic E-state index is 15.0. The number of para-hydroxylation sites is 1. The minimum Gasteiger partial charge on any atom is -0.456 e.